The van der Waals surface area contributed by atoms with Gasteiger partial charge in [0.15, 0.2) is 12.6 Å². The van der Waals surface area contributed by atoms with E-state index in [1.807, 2.05) is 4.90 Å². The normalized spacial score (nSPS) is 16.3. The van der Waals surface area contributed by atoms with Gasteiger partial charge in [-0.05, 0) is 18.9 Å². The molecule has 1 saturated heterocycles. The van der Waals surface area contributed by atoms with Crippen LogP contribution in [0.4, 0.5) is 13.2 Å². The molecule has 136 valence electrons. The zero-order chi connectivity index (χ0) is 16.7. The van der Waals surface area contributed by atoms with E-state index in [1.54, 1.807) is 12.1 Å². The number of likely N-dealkylation sites (tertiary alicyclic amines) is 1. The van der Waals surface area contributed by atoms with Crippen LogP contribution in [0.2, 0.25) is 0 Å². The molecule has 5 nitrogen and oxygen atoms in total. The van der Waals surface area contributed by atoms with Crippen LogP contribution in [-0.2, 0) is 6.54 Å². The molecule has 0 atom stereocenters. The van der Waals surface area contributed by atoms with Crippen molar-refractivity contribution in [1.82, 2.24) is 9.88 Å². The smallest absolute Gasteiger partial charge is 0.422 e. The molecule has 0 aliphatic carbocycles. The van der Waals surface area contributed by atoms with E-state index < -0.39 is 12.8 Å². The molecule has 1 aromatic heterocycles. The quantitative estimate of drug-likeness (QED) is 0.427. The van der Waals surface area contributed by atoms with Crippen LogP contribution in [0.15, 0.2) is 23.3 Å². The van der Waals surface area contributed by atoms with E-state index in [-0.39, 0.29) is 36.4 Å². The Morgan fingerprint density at radius 1 is 1.25 bits per heavy atom. The molecule has 2 N–H and O–H groups in total. The van der Waals surface area contributed by atoms with E-state index in [9.17, 15) is 13.2 Å². The number of hydrogen-bond acceptors (Lipinski definition) is 3. The van der Waals surface area contributed by atoms with Gasteiger partial charge in [0.1, 0.15) is 0 Å². The number of hydrogen-bond donors (Lipinski definition) is 1. The van der Waals surface area contributed by atoms with Crippen molar-refractivity contribution < 1.29 is 17.9 Å². The first kappa shape index (κ1) is 20.8. The Labute approximate surface area is 156 Å². The van der Waals surface area contributed by atoms with Crippen molar-refractivity contribution in [2.45, 2.75) is 38.4 Å². The second kappa shape index (κ2) is 9.90. The topological polar surface area (TPSA) is 63.7 Å². The number of aliphatic imine (C=N–C) groups is 1. The summed E-state index contributed by atoms with van der Waals surface area (Å²) in [6.07, 6.45) is 1.50. The van der Waals surface area contributed by atoms with Gasteiger partial charge in [-0.3, -0.25) is 0 Å². The number of guanidine groups is 1. The average molecular weight is 458 g/mol. The van der Waals surface area contributed by atoms with Crippen molar-refractivity contribution in [2.24, 2.45) is 10.7 Å². The van der Waals surface area contributed by atoms with Crippen molar-refractivity contribution >= 4 is 29.9 Å². The zero-order valence-electron chi connectivity index (χ0n) is 13.3. The van der Waals surface area contributed by atoms with E-state index in [2.05, 4.69) is 9.98 Å². The van der Waals surface area contributed by atoms with Crippen molar-refractivity contribution in [2.75, 3.05) is 19.7 Å². The molecule has 1 aliphatic heterocycles. The molecule has 2 rings (SSSR count). The summed E-state index contributed by atoms with van der Waals surface area (Å²) in [6.45, 7) is 0.491. The summed E-state index contributed by atoms with van der Waals surface area (Å²) in [5.41, 5.74) is 6.47. The third kappa shape index (κ3) is 7.10. The lowest BCUT2D eigenvalue weighted by Gasteiger charge is -2.21. The highest BCUT2D eigenvalue weighted by Gasteiger charge is 2.29. The molecule has 0 saturated carbocycles. The summed E-state index contributed by atoms with van der Waals surface area (Å²) in [7, 11) is 0. The maximum Gasteiger partial charge on any atom is 0.422 e. The van der Waals surface area contributed by atoms with Gasteiger partial charge >= 0.3 is 6.18 Å². The van der Waals surface area contributed by atoms with Crippen molar-refractivity contribution in [3.63, 3.8) is 0 Å². The average Bonchev–Trinajstić information content (AvgIpc) is 2.80. The summed E-state index contributed by atoms with van der Waals surface area (Å²) in [4.78, 5) is 10.1. The Kier molecular flexibility index (Phi) is 8.57. The van der Waals surface area contributed by atoms with E-state index >= 15 is 0 Å². The highest BCUT2D eigenvalue weighted by atomic mass is 127. The van der Waals surface area contributed by atoms with E-state index in [1.165, 1.54) is 19.0 Å². The van der Waals surface area contributed by atoms with E-state index in [4.69, 9.17) is 10.5 Å². The van der Waals surface area contributed by atoms with Gasteiger partial charge in [0.05, 0.1) is 6.54 Å². The van der Waals surface area contributed by atoms with Crippen LogP contribution in [0.5, 0.6) is 5.88 Å². The molecule has 1 aromatic rings. The first-order valence-corrected chi connectivity index (χ1v) is 7.64. The van der Waals surface area contributed by atoms with Crippen LogP contribution in [0, 0.1) is 0 Å². The van der Waals surface area contributed by atoms with Gasteiger partial charge in [-0.15, -0.1) is 24.0 Å². The minimum Gasteiger partial charge on any atom is -0.468 e. The second-order valence-electron chi connectivity index (χ2n) is 5.45. The number of nitrogens with zero attached hydrogens (tertiary/aromatic N) is 3. The maximum atomic E-state index is 12.3. The van der Waals surface area contributed by atoms with Gasteiger partial charge in [0.25, 0.3) is 0 Å². The van der Waals surface area contributed by atoms with Crippen LogP contribution in [0.1, 0.15) is 31.2 Å². The molecule has 0 aromatic carbocycles. The highest BCUT2D eigenvalue weighted by Crippen LogP contribution is 2.20. The Bertz CT molecular complexity index is 532. The summed E-state index contributed by atoms with van der Waals surface area (Å²) >= 11 is 0. The lowest BCUT2D eigenvalue weighted by atomic mass is 10.2. The fourth-order valence-electron chi connectivity index (χ4n) is 2.39. The Balaban J connectivity index is 0.00000288. The standard InChI is InChI=1S/C15H21F3N4O.HI/c16-15(17,18)11-23-13-12(6-5-7-20-13)10-21-14(19)22-8-3-1-2-4-9-22;/h5-7H,1-4,8-11H2,(H2,19,21);1H. The minimum atomic E-state index is -4.40. The van der Waals surface area contributed by atoms with Crippen LogP contribution >= 0.6 is 24.0 Å². The molecular formula is C15H22F3IN4O. The number of nitrogens with two attached hydrogens (primary N) is 1. The molecule has 2 heterocycles. The Morgan fingerprint density at radius 2 is 1.92 bits per heavy atom. The fraction of sp³-hybridized carbons (Fsp3) is 0.600. The third-order valence-electron chi connectivity index (χ3n) is 3.56. The monoisotopic (exact) mass is 458 g/mol. The molecule has 1 fully saturated rings. The zero-order valence-corrected chi connectivity index (χ0v) is 15.6. The van der Waals surface area contributed by atoms with Crippen LogP contribution in [0.25, 0.3) is 0 Å². The summed E-state index contributed by atoms with van der Waals surface area (Å²) in [6, 6.07) is 3.27. The Morgan fingerprint density at radius 3 is 2.54 bits per heavy atom. The number of ether oxygens (including phenoxy) is 1. The molecule has 9 heteroatoms. The van der Waals surface area contributed by atoms with E-state index in [0.717, 1.165) is 25.9 Å². The molecule has 0 amide bonds. The molecular weight excluding hydrogens is 436 g/mol. The first-order chi connectivity index (χ1) is 11.0. The molecule has 1 aliphatic rings. The molecule has 0 unspecified atom stereocenters. The summed E-state index contributed by atoms with van der Waals surface area (Å²) < 4.78 is 41.5. The second-order valence-corrected chi connectivity index (χ2v) is 5.45. The third-order valence-corrected chi connectivity index (χ3v) is 3.56. The summed E-state index contributed by atoms with van der Waals surface area (Å²) in [5.74, 6) is 0.356. The van der Waals surface area contributed by atoms with Crippen LogP contribution < -0.4 is 10.5 Å². The van der Waals surface area contributed by atoms with Crippen molar-refractivity contribution in [3.8, 4) is 5.88 Å². The van der Waals surface area contributed by atoms with Crippen LogP contribution in [-0.4, -0.2) is 41.7 Å². The highest BCUT2D eigenvalue weighted by molar-refractivity contribution is 14.0. The number of rotatable bonds is 4. The summed E-state index contributed by atoms with van der Waals surface area (Å²) in [5, 5.41) is 0. The van der Waals surface area contributed by atoms with Gasteiger partial charge in [-0.25, -0.2) is 9.98 Å². The van der Waals surface area contributed by atoms with Gasteiger partial charge in [0.2, 0.25) is 5.88 Å². The fourth-order valence-corrected chi connectivity index (χ4v) is 2.39. The number of pyridine rings is 1. The van der Waals surface area contributed by atoms with Crippen molar-refractivity contribution in [1.29, 1.82) is 0 Å². The SMILES string of the molecule is I.NC(=NCc1cccnc1OCC(F)(F)F)N1CCCCCC1. The van der Waals surface area contributed by atoms with Gasteiger partial charge < -0.3 is 15.4 Å². The molecule has 0 radical (unpaired) electrons. The van der Waals surface area contributed by atoms with Crippen LogP contribution in [0.3, 0.4) is 0 Å². The van der Waals surface area contributed by atoms with E-state index in [0.29, 0.717) is 11.5 Å². The predicted octanol–water partition coefficient (Wildman–Crippen LogP) is 3.33. The van der Waals surface area contributed by atoms with Gasteiger partial charge in [0, 0.05) is 24.8 Å². The number of halogens is 4. The van der Waals surface area contributed by atoms with Gasteiger partial charge in [-0.1, -0.05) is 18.9 Å². The van der Waals surface area contributed by atoms with Crippen molar-refractivity contribution in [3.05, 3.63) is 23.9 Å². The number of alkyl halides is 3. The Hall–Kier alpha value is -1.26. The lowest BCUT2D eigenvalue weighted by molar-refractivity contribution is -0.154. The molecule has 0 spiro atoms. The molecule has 24 heavy (non-hydrogen) atoms. The molecule has 0 bridgehead atoms. The van der Waals surface area contributed by atoms with Gasteiger partial charge in [-0.2, -0.15) is 13.2 Å². The maximum absolute atomic E-state index is 12.3. The largest absolute Gasteiger partial charge is 0.468 e. The first-order valence-electron chi connectivity index (χ1n) is 7.64. The number of aromatic nitrogens is 1. The minimum absolute atomic E-state index is 0. The predicted molar refractivity (Wildman–Crippen MR) is 96.6 cm³/mol. The lowest BCUT2D eigenvalue weighted by Crippen LogP contribution is -2.38.